The average molecular weight is 1770 g/mol. The summed E-state index contributed by atoms with van der Waals surface area (Å²) in [6, 6.07) is 36.5. The van der Waals surface area contributed by atoms with E-state index in [4.69, 9.17) is 22.2 Å². The summed E-state index contributed by atoms with van der Waals surface area (Å²) in [5.74, 6) is -13.1. The van der Waals surface area contributed by atoms with E-state index < -0.39 is 121 Å². The van der Waals surface area contributed by atoms with Gasteiger partial charge in [-0.15, -0.1) is 11.3 Å². The number of nitrogens with one attached hydrogen (secondary N) is 4. The Morgan fingerprint density at radius 3 is 1.05 bits per heavy atom. The van der Waals surface area contributed by atoms with Gasteiger partial charge in [-0.25, -0.2) is 78.9 Å². The third-order valence-electron chi connectivity index (χ3n) is 14.9. The first kappa shape index (κ1) is 103. The number of thiazole rings is 1. The number of amides is 5. The van der Waals surface area contributed by atoms with Gasteiger partial charge >= 0.3 is 23.1 Å². The number of nitrogens with zero attached hydrogens (tertiary/aromatic N) is 8. The number of hydrogen-bond acceptors (Lipinski definition) is 19. The molecule has 5 aromatic carbocycles. The van der Waals surface area contributed by atoms with Crippen LogP contribution in [-0.4, -0.2) is 129 Å². The molecular weight excluding hydrogens is 1700 g/mol. The smallest absolute Gasteiger partial charge is 1.00 e. The number of benzene rings is 5. The minimum atomic E-state index is -1.12. The summed E-state index contributed by atoms with van der Waals surface area (Å²) < 4.78 is 133. The Morgan fingerprint density at radius 2 is 0.775 bits per heavy atom. The summed E-state index contributed by atoms with van der Waals surface area (Å²) in [7, 11) is 2.77. The molecule has 5 amide bonds. The van der Waals surface area contributed by atoms with Crippen molar-refractivity contribution in [3.63, 3.8) is 0 Å². The van der Waals surface area contributed by atoms with Crippen molar-refractivity contribution in [2.24, 2.45) is 0 Å². The average Bonchev–Trinajstić information content (AvgIpc) is 1.64. The topological polar surface area (TPSA) is 330 Å². The molecular formula is C83H73BrClF10MgN13O10S. The number of halogens is 12. The molecule has 0 radical (unpaired) electrons. The molecule has 0 saturated heterocycles. The Kier molecular flexibility index (Phi) is 43.7. The Bertz CT molecular complexity index is 5390. The molecule has 12 aromatic rings. The fraction of sp³-hybridized carbons (Fsp3) is 0.120. The number of carbonyl (C=O) groups excluding carboxylic acids is 9. The van der Waals surface area contributed by atoms with Crippen molar-refractivity contribution in [1.82, 2.24) is 40.0 Å². The third-order valence-corrected chi connectivity index (χ3v) is 16.1. The number of pyridine rings is 6. The van der Waals surface area contributed by atoms with Gasteiger partial charge in [0.25, 0.3) is 34.8 Å². The molecule has 0 aliphatic carbocycles. The van der Waals surface area contributed by atoms with Gasteiger partial charge in [-0.2, -0.15) is 6.92 Å². The minimum Gasteiger partial charge on any atom is -1.00 e. The SMILES string of the molecule is C.C.CC(=O)c1ccc(N)nc1.CC(=O)c1ccc(NC(=O)c2c(F)cccc2F)nc1.CCC(=O)c1ccc(NC(=O)c2c(F)cccc2F)nc1.CON(C)C(=O)c1ccc(NC(=O)c2c(F)cccc2F)nc1.Cc1sc(-c2ccccn2)nc1-c1ccc(NC(=O)c2c(F)cccc2F)nc1.O=C(Cl)c1c(F)cccc1F.[Br-].[CH2-]C.[Mg+2]. The molecule has 23 nitrogen and oxygen atoms in total. The maximum absolute atomic E-state index is 13.7. The second-order valence-corrected chi connectivity index (χ2v) is 24.3. The monoisotopic (exact) mass is 1770 g/mol. The van der Waals surface area contributed by atoms with Gasteiger partial charge in [0.1, 0.15) is 120 Å². The maximum atomic E-state index is 13.7. The molecule has 7 aromatic heterocycles. The van der Waals surface area contributed by atoms with Gasteiger partial charge in [-0.1, -0.05) is 58.2 Å². The van der Waals surface area contributed by atoms with E-state index in [1.807, 2.05) is 25.1 Å². The van der Waals surface area contributed by atoms with Gasteiger partial charge in [0.15, 0.2) is 17.3 Å². The molecule has 0 unspecified atom stereocenters. The number of nitrogens with two attached hydrogens (primary N) is 1. The summed E-state index contributed by atoms with van der Waals surface area (Å²) in [5, 5.41) is 9.89. The van der Waals surface area contributed by atoms with Crippen LogP contribution >= 0.6 is 22.9 Å². The Morgan fingerprint density at radius 1 is 0.450 bits per heavy atom. The molecule has 37 heteroatoms. The maximum Gasteiger partial charge on any atom is 2.00 e. The number of carbonyl (C=O) groups is 9. The van der Waals surface area contributed by atoms with Crippen LogP contribution in [0.3, 0.4) is 0 Å². The van der Waals surface area contributed by atoms with E-state index >= 15 is 0 Å². The molecule has 0 saturated carbocycles. The number of hydrogen-bond donors (Lipinski definition) is 5. The second kappa shape index (κ2) is 50.8. The van der Waals surface area contributed by atoms with Crippen molar-refractivity contribution >= 4 is 127 Å². The summed E-state index contributed by atoms with van der Waals surface area (Å²) in [6.45, 7) is 11.5. The number of nitrogen functional groups attached to an aromatic ring is 1. The zero-order valence-electron chi connectivity index (χ0n) is 62.9. The van der Waals surface area contributed by atoms with Crippen molar-refractivity contribution < 1.29 is 109 Å². The Balaban J connectivity index is 0.000000497. The minimum absolute atomic E-state index is 0. The largest absolute Gasteiger partial charge is 2.00 e. The number of ketones is 3. The zero-order chi connectivity index (χ0) is 85.5. The molecule has 0 atom stereocenters. The van der Waals surface area contributed by atoms with Crippen molar-refractivity contribution in [2.45, 2.75) is 55.9 Å². The fourth-order valence-electron chi connectivity index (χ4n) is 9.12. The van der Waals surface area contributed by atoms with Crippen molar-refractivity contribution in [2.75, 3.05) is 41.2 Å². The first-order valence-corrected chi connectivity index (χ1v) is 34.7. The molecule has 120 heavy (non-hydrogen) atoms. The van der Waals surface area contributed by atoms with Gasteiger partial charge in [-0.3, -0.25) is 53.0 Å². The first-order chi connectivity index (χ1) is 55.3. The number of aromatic nitrogens is 7. The molecule has 0 bridgehead atoms. The summed E-state index contributed by atoms with van der Waals surface area (Å²) in [5.41, 5.74) is 5.83. The van der Waals surface area contributed by atoms with E-state index in [1.165, 1.54) is 119 Å². The molecule has 6 N–H and O–H groups in total. The van der Waals surface area contributed by atoms with Gasteiger partial charge in [0, 0.05) is 77.8 Å². The van der Waals surface area contributed by atoms with E-state index in [0.717, 1.165) is 105 Å². The van der Waals surface area contributed by atoms with Gasteiger partial charge in [0.05, 0.1) is 24.1 Å². The number of anilines is 5. The van der Waals surface area contributed by atoms with Gasteiger partial charge < -0.3 is 50.9 Å². The van der Waals surface area contributed by atoms with E-state index in [9.17, 15) is 87.1 Å². The number of rotatable bonds is 17. The van der Waals surface area contributed by atoms with Crippen LogP contribution in [0.1, 0.15) is 147 Å². The molecule has 0 spiro atoms. The van der Waals surface area contributed by atoms with Crippen LogP contribution in [0, 0.1) is 72.0 Å². The predicted octanol–water partition coefficient (Wildman–Crippen LogP) is 15.3. The van der Waals surface area contributed by atoms with Crippen molar-refractivity contribution in [3.8, 4) is 22.0 Å². The van der Waals surface area contributed by atoms with Crippen LogP contribution in [0.2, 0.25) is 0 Å². The van der Waals surface area contributed by atoms with Crippen LogP contribution < -0.4 is 44.0 Å². The summed E-state index contributed by atoms with van der Waals surface area (Å²) in [6.07, 6.45) is 8.87. The Hall–Kier alpha value is -12.7. The van der Waals surface area contributed by atoms with Crippen molar-refractivity contribution in [1.29, 1.82) is 0 Å². The van der Waals surface area contributed by atoms with E-state index in [1.54, 1.807) is 50.5 Å². The summed E-state index contributed by atoms with van der Waals surface area (Å²) >= 11 is 6.42. The molecule has 622 valence electrons. The quantitative estimate of drug-likeness (QED) is 0.0141. The molecule has 0 fully saturated rings. The molecule has 12 rings (SSSR count). The molecule has 7 heterocycles. The van der Waals surface area contributed by atoms with E-state index in [0.29, 0.717) is 28.9 Å². The van der Waals surface area contributed by atoms with E-state index in [-0.39, 0.29) is 101 Å². The van der Waals surface area contributed by atoms with Crippen LogP contribution in [0.4, 0.5) is 73.0 Å². The van der Waals surface area contributed by atoms with Crippen molar-refractivity contribution in [3.05, 3.63) is 327 Å². The number of aryl methyl sites for hydroxylation is 1. The third kappa shape index (κ3) is 30.0. The summed E-state index contributed by atoms with van der Waals surface area (Å²) in [4.78, 5) is 137. The Labute approximate surface area is 717 Å². The zero-order valence-corrected chi connectivity index (χ0v) is 67.5. The fourth-order valence-corrected chi connectivity index (χ4v) is 10.2. The van der Waals surface area contributed by atoms with Gasteiger partial charge in [-0.05, 0) is 166 Å². The van der Waals surface area contributed by atoms with Crippen LogP contribution in [0.25, 0.3) is 22.0 Å². The second-order valence-electron chi connectivity index (χ2n) is 22.8. The van der Waals surface area contributed by atoms with Crippen LogP contribution in [0.5, 0.6) is 0 Å². The van der Waals surface area contributed by atoms with Crippen LogP contribution in [0.15, 0.2) is 207 Å². The normalized spacial score (nSPS) is 9.76. The molecule has 0 aliphatic rings. The number of Topliss-reactive ketones (excluding diaryl/α,β-unsaturated/α-hetero) is 3. The predicted molar refractivity (Wildman–Crippen MR) is 432 cm³/mol. The van der Waals surface area contributed by atoms with Crippen LogP contribution in [-0.2, 0) is 4.84 Å². The number of hydroxylamine groups is 2. The molecule has 0 aliphatic heterocycles. The standard InChI is InChI=1S/C21H14F2N4OS.C15H13F2N3O3.C15H12F2N2O2.C14H10F2N2O2.C7H3ClF2O.C7H8N2O.C2H5.2CH4.BrH.Mg/c1-12-19(27-21(29-12)16-7-2-3-10-24-16)13-8-9-17(25-11-13)26-20(28)18-14(22)5-4-6-15(18)23;1-20(23-2)15(22)9-6-7-12(18-8-9)19-14(21)13-10(16)4-3-5-11(13)17;1-2-12(20)9-6-7-13(18-8-9)19-15(21)14-10(16)4-3-5-11(14)17;1-8(19)9-5-6-12(17-7-9)18-14(20)13-10(15)3-2-4-11(13)16;8-7(11)6-4(9)2-1-3-5(6)10;1-5(10)6-2-3-7(8)9-4-6;1-2;;;;/h2-11H,1H3,(H,25,26,28);3-8H,1-2H3,(H,18,19,21);3-8H,2H2,1H3,(H,18,19,21);2-7H,1H3,(H,17,18,20);1-3H;2-4H,1H3,(H2,8,9);1H2,2H3;2*1H4;1H;/q;;;;;;-1;;;;+2/p-1. The van der Waals surface area contributed by atoms with Gasteiger partial charge in [0.2, 0.25) is 0 Å². The first-order valence-electron chi connectivity index (χ1n) is 33.5. The van der Waals surface area contributed by atoms with E-state index in [2.05, 4.69) is 63.1 Å².